The molecule has 0 aromatic heterocycles. The lowest BCUT2D eigenvalue weighted by Crippen LogP contribution is -1.66. The van der Waals surface area contributed by atoms with Crippen LogP contribution in [0.1, 0.15) is 13.3 Å². The number of rotatable bonds is 2. The Kier molecular flexibility index (Phi) is 4.65. The van der Waals surface area contributed by atoms with Gasteiger partial charge >= 0.3 is 0 Å². The van der Waals surface area contributed by atoms with E-state index in [9.17, 15) is 0 Å². The second-order valence-electron chi connectivity index (χ2n) is 0.921. The van der Waals surface area contributed by atoms with Gasteiger partial charge in [-0.25, -0.2) is 0 Å². The van der Waals surface area contributed by atoms with Crippen molar-refractivity contribution in [2.24, 2.45) is 0 Å². The smallest absolute Gasteiger partial charge is 0.00953 e. The van der Waals surface area contributed by atoms with Crippen LogP contribution in [0.15, 0.2) is 0 Å². The van der Waals surface area contributed by atoms with E-state index < -0.39 is 0 Å². The van der Waals surface area contributed by atoms with Crippen molar-refractivity contribution in [3.63, 3.8) is 0 Å². The van der Waals surface area contributed by atoms with Crippen LogP contribution in [-0.2, 0) is 0 Å². The van der Waals surface area contributed by atoms with Gasteiger partial charge in [-0.05, 0) is 18.6 Å². The Balaban J connectivity index is 2.19. The third-order valence-electron chi connectivity index (χ3n) is 0.418. The molecule has 0 aliphatic heterocycles. The van der Waals surface area contributed by atoms with E-state index in [1.165, 1.54) is 0 Å². The SMILES string of the molecule is C[CH]CCS. The quantitative estimate of drug-likeness (QED) is 0.487. The van der Waals surface area contributed by atoms with Crippen molar-refractivity contribution in [2.75, 3.05) is 5.75 Å². The zero-order chi connectivity index (χ0) is 4.12. The van der Waals surface area contributed by atoms with E-state index >= 15 is 0 Å². The standard InChI is InChI=1S/C4H9S/c1-2-3-4-5/h2,5H,3-4H2,1H3. The number of hydrogen-bond acceptors (Lipinski definition) is 1. The van der Waals surface area contributed by atoms with Crippen LogP contribution in [0.4, 0.5) is 0 Å². The molecule has 0 aromatic rings. The Bertz CT molecular complexity index is 11.1. The van der Waals surface area contributed by atoms with Gasteiger partial charge < -0.3 is 0 Å². The predicted molar refractivity (Wildman–Crippen MR) is 28.4 cm³/mol. The molecule has 1 heteroatoms. The maximum atomic E-state index is 3.97. The second-order valence-corrected chi connectivity index (χ2v) is 1.37. The van der Waals surface area contributed by atoms with Crippen LogP contribution in [0.25, 0.3) is 0 Å². The molecule has 0 atom stereocenters. The molecule has 0 unspecified atom stereocenters. The van der Waals surface area contributed by atoms with Crippen LogP contribution in [-0.4, -0.2) is 5.75 Å². The maximum Gasteiger partial charge on any atom is -0.00953 e. The summed E-state index contributed by atoms with van der Waals surface area (Å²) in [6.45, 7) is 2.04. The number of thiol groups is 1. The molecule has 0 bridgehead atoms. The van der Waals surface area contributed by atoms with Gasteiger partial charge in [0, 0.05) is 0 Å². The molecule has 0 N–H and O–H groups in total. The highest BCUT2D eigenvalue weighted by atomic mass is 32.1. The van der Waals surface area contributed by atoms with Gasteiger partial charge in [-0.2, -0.15) is 12.6 Å². The van der Waals surface area contributed by atoms with Crippen LogP contribution in [0.2, 0.25) is 0 Å². The van der Waals surface area contributed by atoms with Crippen molar-refractivity contribution in [3.05, 3.63) is 6.42 Å². The first kappa shape index (κ1) is 5.35. The third kappa shape index (κ3) is 4.35. The summed E-state index contributed by atoms with van der Waals surface area (Å²) in [6.07, 6.45) is 3.23. The molecule has 0 amide bonds. The van der Waals surface area contributed by atoms with Crippen molar-refractivity contribution < 1.29 is 0 Å². The molecule has 0 saturated heterocycles. The summed E-state index contributed by atoms with van der Waals surface area (Å²) in [5, 5.41) is 0. The van der Waals surface area contributed by atoms with E-state index in [-0.39, 0.29) is 0 Å². The maximum absolute atomic E-state index is 3.97. The molecular weight excluding hydrogens is 80.1 g/mol. The molecule has 1 radical (unpaired) electrons. The van der Waals surface area contributed by atoms with Gasteiger partial charge in [-0.3, -0.25) is 0 Å². The summed E-state index contributed by atoms with van der Waals surface area (Å²) in [7, 11) is 0. The van der Waals surface area contributed by atoms with Gasteiger partial charge in [0.2, 0.25) is 0 Å². The van der Waals surface area contributed by atoms with E-state index in [2.05, 4.69) is 19.0 Å². The average molecular weight is 89.2 g/mol. The molecule has 5 heavy (non-hydrogen) atoms. The molecule has 0 fully saturated rings. The Hall–Kier alpha value is 0.350. The van der Waals surface area contributed by atoms with Crippen LogP contribution in [0, 0.1) is 6.42 Å². The van der Waals surface area contributed by atoms with Crippen molar-refractivity contribution in [1.82, 2.24) is 0 Å². The number of hydrogen-bond donors (Lipinski definition) is 1. The minimum Gasteiger partial charge on any atom is -0.179 e. The first-order valence-corrected chi connectivity index (χ1v) is 2.43. The minimum atomic E-state index is 0.983. The number of unbranched alkanes of at least 4 members (excludes halogenated alkanes) is 1. The predicted octanol–water partition coefficient (Wildman–Crippen LogP) is 1.53. The highest BCUT2D eigenvalue weighted by Gasteiger charge is 1.69. The van der Waals surface area contributed by atoms with Crippen molar-refractivity contribution in [1.29, 1.82) is 0 Å². The fraction of sp³-hybridized carbons (Fsp3) is 0.750. The summed E-state index contributed by atoms with van der Waals surface area (Å²) in [4.78, 5) is 0. The lowest BCUT2D eigenvalue weighted by Gasteiger charge is -1.78. The van der Waals surface area contributed by atoms with Gasteiger partial charge in [-0.15, -0.1) is 0 Å². The minimum absolute atomic E-state index is 0.983. The second kappa shape index (κ2) is 4.35. The van der Waals surface area contributed by atoms with Crippen LogP contribution < -0.4 is 0 Å². The summed E-state index contributed by atoms with van der Waals surface area (Å²) in [5.41, 5.74) is 0. The largest absolute Gasteiger partial charge is 0.179 e. The molecule has 0 aliphatic rings. The molecule has 0 nitrogen and oxygen atoms in total. The Morgan fingerprint density at radius 1 is 1.80 bits per heavy atom. The van der Waals surface area contributed by atoms with Crippen LogP contribution >= 0.6 is 12.6 Å². The normalized spacial score (nSPS) is 8.40. The highest BCUT2D eigenvalue weighted by Crippen LogP contribution is 1.84. The van der Waals surface area contributed by atoms with Crippen molar-refractivity contribution in [2.45, 2.75) is 13.3 Å². The van der Waals surface area contributed by atoms with E-state index in [4.69, 9.17) is 0 Å². The summed E-state index contributed by atoms with van der Waals surface area (Å²) < 4.78 is 0. The first-order valence-electron chi connectivity index (χ1n) is 1.80. The fourth-order valence-corrected chi connectivity index (χ4v) is 0.387. The van der Waals surface area contributed by atoms with Crippen LogP contribution in [0.5, 0.6) is 0 Å². The zero-order valence-electron chi connectivity index (χ0n) is 3.44. The lowest BCUT2D eigenvalue weighted by atomic mass is 10.4. The van der Waals surface area contributed by atoms with Crippen molar-refractivity contribution in [3.8, 4) is 0 Å². The van der Waals surface area contributed by atoms with Gasteiger partial charge in [-0.1, -0.05) is 6.92 Å². The Morgan fingerprint density at radius 3 is 2.40 bits per heavy atom. The first-order chi connectivity index (χ1) is 2.41. The van der Waals surface area contributed by atoms with Crippen molar-refractivity contribution >= 4 is 12.6 Å². The molecule has 31 valence electrons. The summed E-state index contributed by atoms with van der Waals surface area (Å²) >= 11 is 3.97. The third-order valence-corrected chi connectivity index (χ3v) is 0.676. The van der Waals surface area contributed by atoms with Gasteiger partial charge in [0.25, 0.3) is 0 Å². The molecule has 0 aromatic carbocycles. The van der Waals surface area contributed by atoms with Crippen LogP contribution in [0.3, 0.4) is 0 Å². The van der Waals surface area contributed by atoms with E-state index in [0.717, 1.165) is 12.2 Å². The zero-order valence-corrected chi connectivity index (χ0v) is 4.33. The fourth-order valence-electron chi connectivity index (χ4n) is 0.129. The monoisotopic (exact) mass is 89.0 g/mol. The molecule has 0 saturated carbocycles. The molecule has 0 rings (SSSR count). The van der Waals surface area contributed by atoms with E-state index in [1.54, 1.807) is 0 Å². The van der Waals surface area contributed by atoms with E-state index in [0.29, 0.717) is 0 Å². The van der Waals surface area contributed by atoms with Gasteiger partial charge in [0.1, 0.15) is 0 Å². The topological polar surface area (TPSA) is 0 Å². The molecular formula is C4H9S. The van der Waals surface area contributed by atoms with Gasteiger partial charge in [0.15, 0.2) is 0 Å². The summed E-state index contributed by atoms with van der Waals surface area (Å²) in [5.74, 6) is 0.983. The average Bonchev–Trinajstić information content (AvgIpc) is 1.41. The Labute approximate surface area is 39.0 Å². The Morgan fingerprint density at radius 2 is 2.40 bits per heavy atom. The molecule has 0 aliphatic carbocycles. The molecule has 0 spiro atoms. The lowest BCUT2D eigenvalue weighted by molar-refractivity contribution is 1.12. The summed E-state index contributed by atoms with van der Waals surface area (Å²) in [6, 6.07) is 0. The van der Waals surface area contributed by atoms with E-state index in [1.807, 2.05) is 6.92 Å². The molecule has 0 heterocycles. The van der Waals surface area contributed by atoms with Gasteiger partial charge in [0.05, 0.1) is 0 Å². The highest BCUT2D eigenvalue weighted by molar-refractivity contribution is 7.80.